The van der Waals surface area contributed by atoms with E-state index in [1.54, 1.807) is 18.2 Å². The van der Waals surface area contributed by atoms with Crippen molar-refractivity contribution in [1.29, 1.82) is 0 Å². The molecule has 2 atom stereocenters. The number of piperidine rings is 1. The molecule has 0 saturated carbocycles. The van der Waals surface area contributed by atoms with Crippen LogP contribution in [0, 0.1) is 5.92 Å². The van der Waals surface area contributed by atoms with Crippen LogP contribution in [0.15, 0.2) is 18.2 Å². The second-order valence-electron chi connectivity index (χ2n) is 7.44. The minimum atomic E-state index is -0.988. The van der Waals surface area contributed by atoms with Gasteiger partial charge in [0.2, 0.25) is 11.8 Å². The Morgan fingerprint density at radius 1 is 1.25 bits per heavy atom. The van der Waals surface area contributed by atoms with Gasteiger partial charge in [-0.3, -0.25) is 14.4 Å². The van der Waals surface area contributed by atoms with Gasteiger partial charge in [-0.2, -0.15) is 0 Å². The van der Waals surface area contributed by atoms with Crippen LogP contribution < -0.4 is 20.7 Å². The molecule has 0 spiro atoms. The van der Waals surface area contributed by atoms with E-state index >= 15 is 0 Å². The SMILES string of the molecule is COC(=O)C(C[C@@H]1CCCNC1=O)NC(=O)CNC(=O)c1cc2c(OC)cc(Cl)cc2[nH]1. The first-order valence-electron chi connectivity index (χ1n) is 10.1. The smallest absolute Gasteiger partial charge is 0.328 e. The number of aromatic amines is 1. The number of esters is 1. The van der Waals surface area contributed by atoms with Crippen LogP contribution in [0.5, 0.6) is 5.75 Å². The summed E-state index contributed by atoms with van der Waals surface area (Å²) in [7, 11) is 2.71. The van der Waals surface area contributed by atoms with Crippen molar-refractivity contribution in [3.8, 4) is 5.75 Å². The summed E-state index contributed by atoms with van der Waals surface area (Å²) in [6.07, 6.45) is 1.55. The molecular formula is C21H25ClN4O6. The fourth-order valence-corrected chi connectivity index (χ4v) is 3.87. The fraction of sp³-hybridized carbons (Fsp3) is 0.429. The van der Waals surface area contributed by atoms with Crippen molar-refractivity contribution in [3.05, 3.63) is 28.9 Å². The quantitative estimate of drug-likeness (QED) is 0.432. The van der Waals surface area contributed by atoms with E-state index in [4.69, 9.17) is 21.1 Å². The number of aromatic nitrogens is 1. The van der Waals surface area contributed by atoms with E-state index in [0.717, 1.165) is 6.42 Å². The number of amides is 3. The molecule has 1 fully saturated rings. The summed E-state index contributed by atoms with van der Waals surface area (Å²) in [6.45, 7) is 0.235. The van der Waals surface area contributed by atoms with Crippen LogP contribution in [0.4, 0.5) is 0 Å². The van der Waals surface area contributed by atoms with Crippen LogP contribution in [0.1, 0.15) is 29.8 Å². The number of H-pyrrole nitrogens is 1. The molecule has 3 amide bonds. The largest absolute Gasteiger partial charge is 0.496 e. The molecule has 10 nitrogen and oxygen atoms in total. The number of carbonyl (C=O) groups excluding carboxylic acids is 4. The number of methoxy groups -OCH3 is 2. The molecule has 172 valence electrons. The lowest BCUT2D eigenvalue weighted by molar-refractivity contribution is -0.146. The fourth-order valence-electron chi connectivity index (χ4n) is 3.66. The van der Waals surface area contributed by atoms with Gasteiger partial charge in [-0.1, -0.05) is 11.6 Å². The molecule has 0 bridgehead atoms. The summed E-state index contributed by atoms with van der Waals surface area (Å²) < 4.78 is 10.0. The van der Waals surface area contributed by atoms with Crippen LogP contribution in [0.2, 0.25) is 5.02 Å². The van der Waals surface area contributed by atoms with Gasteiger partial charge in [0.25, 0.3) is 5.91 Å². The van der Waals surface area contributed by atoms with E-state index in [0.29, 0.717) is 34.6 Å². The van der Waals surface area contributed by atoms with Gasteiger partial charge in [-0.05, 0) is 37.5 Å². The number of rotatable bonds is 8. The Kier molecular flexibility index (Phi) is 7.57. The van der Waals surface area contributed by atoms with Gasteiger partial charge < -0.3 is 30.4 Å². The Balaban J connectivity index is 1.60. The summed E-state index contributed by atoms with van der Waals surface area (Å²) in [6, 6.07) is 3.90. The van der Waals surface area contributed by atoms with Gasteiger partial charge in [-0.15, -0.1) is 0 Å². The van der Waals surface area contributed by atoms with Crippen LogP contribution in [0.3, 0.4) is 0 Å². The molecule has 1 saturated heterocycles. The van der Waals surface area contributed by atoms with E-state index in [-0.39, 0.29) is 24.6 Å². The summed E-state index contributed by atoms with van der Waals surface area (Å²) >= 11 is 6.04. The number of fused-ring (bicyclic) bond motifs is 1. The highest BCUT2D eigenvalue weighted by Crippen LogP contribution is 2.30. The maximum Gasteiger partial charge on any atom is 0.328 e. The van der Waals surface area contributed by atoms with E-state index in [1.807, 2.05) is 0 Å². The average Bonchev–Trinajstić information content (AvgIpc) is 3.21. The first-order chi connectivity index (χ1) is 15.3. The molecule has 4 N–H and O–H groups in total. The second-order valence-corrected chi connectivity index (χ2v) is 7.88. The molecule has 1 aromatic heterocycles. The molecular weight excluding hydrogens is 440 g/mol. The molecule has 1 aliphatic heterocycles. The molecule has 2 aromatic rings. The highest BCUT2D eigenvalue weighted by molar-refractivity contribution is 6.31. The van der Waals surface area contributed by atoms with Crippen molar-refractivity contribution >= 4 is 46.2 Å². The highest BCUT2D eigenvalue weighted by atomic mass is 35.5. The number of carbonyl (C=O) groups is 4. The number of hydrogen-bond donors (Lipinski definition) is 4. The third kappa shape index (κ3) is 5.50. The van der Waals surface area contributed by atoms with Crippen molar-refractivity contribution in [2.45, 2.75) is 25.3 Å². The van der Waals surface area contributed by atoms with Crippen LogP contribution in [0.25, 0.3) is 10.9 Å². The number of nitrogens with one attached hydrogen (secondary N) is 4. The van der Waals surface area contributed by atoms with Gasteiger partial charge in [0, 0.05) is 22.9 Å². The third-order valence-electron chi connectivity index (χ3n) is 5.28. The molecule has 11 heteroatoms. The van der Waals surface area contributed by atoms with Gasteiger partial charge >= 0.3 is 5.97 Å². The van der Waals surface area contributed by atoms with Crippen LogP contribution in [-0.4, -0.2) is 62.0 Å². The maximum atomic E-state index is 12.5. The van der Waals surface area contributed by atoms with Gasteiger partial charge in [0.05, 0.1) is 26.3 Å². The number of halogens is 1. The Morgan fingerprint density at radius 2 is 2.03 bits per heavy atom. The average molecular weight is 465 g/mol. The summed E-state index contributed by atoms with van der Waals surface area (Å²) in [5.41, 5.74) is 0.831. The summed E-state index contributed by atoms with van der Waals surface area (Å²) in [5.74, 6) is -1.79. The monoisotopic (exact) mass is 464 g/mol. The van der Waals surface area contributed by atoms with E-state index < -0.39 is 29.7 Å². The first-order valence-corrected chi connectivity index (χ1v) is 10.5. The van der Waals surface area contributed by atoms with Crippen LogP contribution in [-0.2, 0) is 19.1 Å². The second kappa shape index (κ2) is 10.4. The molecule has 1 aromatic carbocycles. The van der Waals surface area contributed by atoms with Crippen molar-refractivity contribution in [2.75, 3.05) is 27.3 Å². The normalized spacial score (nSPS) is 16.7. The topological polar surface area (TPSA) is 139 Å². The number of hydrogen-bond acceptors (Lipinski definition) is 6. The summed E-state index contributed by atoms with van der Waals surface area (Å²) in [5, 5.41) is 8.90. The molecule has 0 aliphatic carbocycles. The van der Waals surface area contributed by atoms with Crippen molar-refractivity contribution in [1.82, 2.24) is 20.9 Å². The summed E-state index contributed by atoms with van der Waals surface area (Å²) in [4.78, 5) is 51.9. The zero-order valence-corrected chi connectivity index (χ0v) is 18.5. The number of ether oxygens (including phenoxy) is 2. The predicted molar refractivity (Wildman–Crippen MR) is 116 cm³/mol. The Labute approximate surface area is 189 Å². The Bertz CT molecular complexity index is 1040. The standard InChI is InChI=1S/C21H25ClN4O6/c1-31-17-8-12(22)7-14-13(17)9-15(25-14)20(29)24-10-18(27)26-16(21(30)32-2)6-11-4-3-5-23-19(11)28/h7-9,11,16,25H,3-6,10H2,1-2H3,(H,23,28)(H,24,29)(H,26,27)/t11-,16?/m0/s1. The van der Waals surface area contributed by atoms with Gasteiger partial charge in [0.1, 0.15) is 17.5 Å². The molecule has 1 unspecified atom stereocenters. The molecule has 0 radical (unpaired) electrons. The first kappa shape index (κ1) is 23.4. The minimum Gasteiger partial charge on any atom is -0.496 e. The van der Waals surface area contributed by atoms with Gasteiger partial charge in [0.15, 0.2) is 0 Å². The third-order valence-corrected chi connectivity index (χ3v) is 5.50. The zero-order chi connectivity index (χ0) is 23.3. The minimum absolute atomic E-state index is 0.126. The highest BCUT2D eigenvalue weighted by Gasteiger charge is 2.30. The number of benzene rings is 1. The van der Waals surface area contributed by atoms with E-state index in [2.05, 4.69) is 20.9 Å². The molecule has 1 aliphatic rings. The van der Waals surface area contributed by atoms with Crippen molar-refractivity contribution in [3.63, 3.8) is 0 Å². The zero-order valence-electron chi connectivity index (χ0n) is 17.7. The van der Waals surface area contributed by atoms with Crippen molar-refractivity contribution < 1.29 is 28.7 Å². The Hall–Kier alpha value is -3.27. The molecule has 32 heavy (non-hydrogen) atoms. The molecule has 3 rings (SSSR count). The lowest BCUT2D eigenvalue weighted by atomic mass is 9.91. The molecule has 2 heterocycles. The lowest BCUT2D eigenvalue weighted by Gasteiger charge is -2.25. The Morgan fingerprint density at radius 3 is 2.72 bits per heavy atom. The van der Waals surface area contributed by atoms with Crippen LogP contribution >= 0.6 is 11.6 Å². The predicted octanol–water partition coefficient (Wildman–Crippen LogP) is 1.13. The van der Waals surface area contributed by atoms with E-state index in [1.165, 1.54) is 14.2 Å². The maximum absolute atomic E-state index is 12.5. The lowest BCUT2D eigenvalue weighted by Crippen LogP contribution is -2.48. The van der Waals surface area contributed by atoms with Crippen molar-refractivity contribution in [2.24, 2.45) is 5.92 Å². The van der Waals surface area contributed by atoms with Gasteiger partial charge in [-0.25, -0.2) is 4.79 Å². The van der Waals surface area contributed by atoms with E-state index in [9.17, 15) is 19.2 Å².